The number of aliphatic hydroxyl groups excluding tert-OH is 1. The van der Waals surface area contributed by atoms with Crippen molar-refractivity contribution in [1.82, 2.24) is 4.90 Å². The minimum Gasteiger partial charge on any atom is -0.493 e. The first kappa shape index (κ1) is 20.9. The van der Waals surface area contributed by atoms with E-state index in [9.17, 15) is 5.11 Å². The van der Waals surface area contributed by atoms with Crippen molar-refractivity contribution < 1.29 is 14.6 Å². The van der Waals surface area contributed by atoms with Crippen LogP contribution in [-0.4, -0.2) is 42.9 Å². The number of nitrogens with zero attached hydrogens (tertiary/aromatic N) is 1. The average Bonchev–Trinajstić information content (AvgIpc) is 2.77. The molecule has 0 aliphatic rings. The molecule has 0 heterocycles. The lowest BCUT2D eigenvalue weighted by Gasteiger charge is -2.25. The molecule has 1 unspecified atom stereocenters. The molecule has 0 aliphatic carbocycles. The van der Waals surface area contributed by atoms with Gasteiger partial charge in [-0.2, -0.15) is 0 Å². The number of para-hydroxylation sites is 2. The van der Waals surface area contributed by atoms with Crippen LogP contribution in [-0.2, 0) is 13.0 Å². The molecule has 0 radical (unpaired) electrons. The molecule has 1 atom stereocenters. The van der Waals surface area contributed by atoms with Gasteiger partial charge in [0.25, 0.3) is 0 Å². The van der Waals surface area contributed by atoms with Crippen molar-refractivity contribution in [2.75, 3.05) is 26.8 Å². The lowest BCUT2D eigenvalue weighted by molar-refractivity contribution is 0.0650. The van der Waals surface area contributed by atoms with Gasteiger partial charge in [-0.3, -0.25) is 4.90 Å². The number of hydrogen-bond acceptors (Lipinski definition) is 4. The topological polar surface area (TPSA) is 41.9 Å². The first-order valence-corrected chi connectivity index (χ1v) is 9.98. The van der Waals surface area contributed by atoms with Gasteiger partial charge in [-0.05, 0) is 29.7 Å². The maximum Gasteiger partial charge on any atom is 0.161 e. The second kappa shape index (κ2) is 11.2. The fourth-order valence-electron chi connectivity index (χ4n) is 3.28. The Kier molecular flexibility index (Phi) is 8.11. The molecule has 0 amide bonds. The third-order valence-electron chi connectivity index (χ3n) is 4.78. The highest BCUT2D eigenvalue weighted by Crippen LogP contribution is 2.25. The first-order valence-electron chi connectivity index (χ1n) is 9.98. The van der Waals surface area contributed by atoms with E-state index in [4.69, 9.17) is 9.47 Å². The van der Waals surface area contributed by atoms with Crippen LogP contribution < -0.4 is 9.47 Å². The zero-order valence-electron chi connectivity index (χ0n) is 16.9. The van der Waals surface area contributed by atoms with Crippen LogP contribution in [0, 0.1) is 0 Å². The van der Waals surface area contributed by atoms with Gasteiger partial charge in [0, 0.05) is 19.6 Å². The molecule has 4 heteroatoms. The zero-order chi connectivity index (χ0) is 20.3. The Morgan fingerprint density at radius 2 is 1.38 bits per heavy atom. The third kappa shape index (κ3) is 6.93. The summed E-state index contributed by atoms with van der Waals surface area (Å²) in [6, 6.07) is 28.3. The van der Waals surface area contributed by atoms with Crippen LogP contribution in [0.1, 0.15) is 11.1 Å². The van der Waals surface area contributed by atoms with Crippen molar-refractivity contribution in [3.8, 4) is 11.5 Å². The van der Waals surface area contributed by atoms with Crippen LogP contribution in [0.15, 0.2) is 84.9 Å². The fraction of sp³-hybridized carbons (Fsp3) is 0.280. The van der Waals surface area contributed by atoms with Gasteiger partial charge in [-0.15, -0.1) is 0 Å². The van der Waals surface area contributed by atoms with E-state index in [2.05, 4.69) is 41.3 Å². The highest BCUT2D eigenvalue weighted by Gasteiger charge is 2.14. The Labute approximate surface area is 173 Å². The Bertz CT molecular complexity index is 839. The molecule has 4 nitrogen and oxygen atoms in total. The molecule has 3 aromatic rings. The van der Waals surface area contributed by atoms with Crippen molar-refractivity contribution in [1.29, 1.82) is 0 Å². The molecular formula is C25H29NO3. The van der Waals surface area contributed by atoms with Gasteiger partial charge in [0.2, 0.25) is 0 Å². The van der Waals surface area contributed by atoms with E-state index in [1.54, 1.807) is 7.11 Å². The first-order chi connectivity index (χ1) is 14.2. The van der Waals surface area contributed by atoms with Gasteiger partial charge in [0.15, 0.2) is 11.5 Å². The molecule has 0 spiro atoms. The maximum absolute atomic E-state index is 10.6. The minimum absolute atomic E-state index is 0.219. The van der Waals surface area contributed by atoms with E-state index in [1.807, 2.05) is 48.5 Å². The standard InChI is InChI=1S/C25H29NO3/c1-28-24-14-8-9-15-25(24)29-20-23(27)19-26(18-22-12-6-3-7-13-22)17-16-21-10-4-2-5-11-21/h2-15,23,27H,16-20H2,1H3. The molecule has 1 N–H and O–H groups in total. The number of rotatable bonds is 11. The summed E-state index contributed by atoms with van der Waals surface area (Å²) in [4.78, 5) is 2.28. The van der Waals surface area contributed by atoms with Crippen LogP contribution in [0.25, 0.3) is 0 Å². The largest absolute Gasteiger partial charge is 0.493 e. The predicted octanol–water partition coefficient (Wildman–Crippen LogP) is 4.18. The predicted molar refractivity (Wildman–Crippen MR) is 116 cm³/mol. The molecule has 0 fully saturated rings. The summed E-state index contributed by atoms with van der Waals surface area (Å²) < 4.78 is 11.1. The Hall–Kier alpha value is -2.82. The Balaban J connectivity index is 1.58. The molecule has 152 valence electrons. The number of benzene rings is 3. The van der Waals surface area contributed by atoms with Gasteiger partial charge < -0.3 is 14.6 Å². The van der Waals surface area contributed by atoms with Crippen LogP contribution in [0.5, 0.6) is 11.5 Å². The lowest BCUT2D eigenvalue weighted by atomic mass is 10.1. The highest BCUT2D eigenvalue weighted by molar-refractivity contribution is 5.39. The van der Waals surface area contributed by atoms with Gasteiger partial charge in [-0.25, -0.2) is 0 Å². The number of ether oxygens (including phenoxy) is 2. The van der Waals surface area contributed by atoms with E-state index in [1.165, 1.54) is 11.1 Å². The molecule has 0 saturated heterocycles. The summed E-state index contributed by atoms with van der Waals surface area (Å²) in [5.74, 6) is 1.32. The van der Waals surface area contributed by atoms with Crippen molar-refractivity contribution >= 4 is 0 Å². The second-order valence-corrected chi connectivity index (χ2v) is 7.07. The average molecular weight is 392 g/mol. The smallest absolute Gasteiger partial charge is 0.161 e. The van der Waals surface area contributed by atoms with Gasteiger partial charge in [-0.1, -0.05) is 72.8 Å². The fourth-order valence-corrected chi connectivity index (χ4v) is 3.28. The van der Waals surface area contributed by atoms with Crippen molar-refractivity contribution in [2.24, 2.45) is 0 Å². The molecule has 0 aliphatic heterocycles. The number of aliphatic hydroxyl groups is 1. The van der Waals surface area contributed by atoms with Crippen molar-refractivity contribution in [2.45, 2.75) is 19.1 Å². The second-order valence-electron chi connectivity index (χ2n) is 7.07. The summed E-state index contributed by atoms with van der Waals surface area (Å²) in [6.07, 6.45) is 0.340. The quantitative estimate of drug-likeness (QED) is 0.532. The van der Waals surface area contributed by atoms with E-state index in [0.717, 1.165) is 19.5 Å². The molecule has 0 saturated carbocycles. The summed E-state index contributed by atoms with van der Waals surface area (Å²) in [5.41, 5.74) is 2.53. The molecule has 3 aromatic carbocycles. The molecular weight excluding hydrogens is 362 g/mol. The molecule has 0 aromatic heterocycles. The molecule has 29 heavy (non-hydrogen) atoms. The molecule has 3 rings (SSSR count). The van der Waals surface area contributed by atoms with Crippen LogP contribution in [0.3, 0.4) is 0 Å². The Morgan fingerprint density at radius 1 is 0.793 bits per heavy atom. The van der Waals surface area contributed by atoms with E-state index in [-0.39, 0.29) is 6.61 Å². The van der Waals surface area contributed by atoms with Crippen molar-refractivity contribution in [3.63, 3.8) is 0 Å². The van der Waals surface area contributed by atoms with Gasteiger partial charge in [0.1, 0.15) is 12.7 Å². The summed E-state index contributed by atoms with van der Waals surface area (Å²) >= 11 is 0. The summed E-state index contributed by atoms with van der Waals surface area (Å²) in [6.45, 7) is 2.41. The van der Waals surface area contributed by atoms with Crippen molar-refractivity contribution in [3.05, 3.63) is 96.1 Å². The van der Waals surface area contributed by atoms with Crippen LogP contribution in [0.2, 0.25) is 0 Å². The Morgan fingerprint density at radius 3 is 2.03 bits per heavy atom. The monoisotopic (exact) mass is 391 g/mol. The van der Waals surface area contributed by atoms with Gasteiger partial charge >= 0.3 is 0 Å². The van der Waals surface area contributed by atoms with E-state index < -0.39 is 6.10 Å². The molecule has 0 bridgehead atoms. The normalized spacial score (nSPS) is 12.0. The van der Waals surface area contributed by atoms with E-state index in [0.29, 0.717) is 18.0 Å². The minimum atomic E-state index is -0.598. The summed E-state index contributed by atoms with van der Waals surface area (Å²) in [5, 5.41) is 10.6. The van der Waals surface area contributed by atoms with Crippen LogP contribution >= 0.6 is 0 Å². The van der Waals surface area contributed by atoms with E-state index >= 15 is 0 Å². The number of methoxy groups -OCH3 is 1. The number of hydrogen-bond donors (Lipinski definition) is 1. The van der Waals surface area contributed by atoms with Crippen LogP contribution in [0.4, 0.5) is 0 Å². The highest BCUT2D eigenvalue weighted by atomic mass is 16.5. The maximum atomic E-state index is 10.6. The lowest BCUT2D eigenvalue weighted by Crippen LogP contribution is -2.36. The summed E-state index contributed by atoms with van der Waals surface area (Å²) in [7, 11) is 1.61. The third-order valence-corrected chi connectivity index (χ3v) is 4.78. The zero-order valence-corrected chi connectivity index (χ0v) is 16.9. The van der Waals surface area contributed by atoms with Gasteiger partial charge in [0.05, 0.1) is 7.11 Å². The SMILES string of the molecule is COc1ccccc1OCC(O)CN(CCc1ccccc1)Cc1ccccc1.